The second kappa shape index (κ2) is 9.37. The molecule has 36 heavy (non-hydrogen) atoms. The Morgan fingerprint density at radius 1 is 0.778 bits per heavy atom. The highest BCUT2D eigenvalue weighted by Gasteiger charge is 2.27. The largest absolute Gasteiger partial charge is 0.477 e. The molecule has 14 heteroatoms. The van der Waals surface area contributed by atoms with Gasteiger partial charge in [-0.15, -0.1) is 22.7 Å². The van der Waals surface area contributed by atoms with E-state index in [4.69, 9.17) is 20.7 Å². The number of aromatic nitrogens is 2. The zero-order valence-corrected chi connectivity index (χ0v) is 20.8. The molecule has 0 aliphatic carbocycles. The predicted octanol–water partition coefficient (Wildman–Crippen LogP) is 5.86. The molecule has 174 valence electrons. The third kappa shape index (κ3) is 4.04. The number of fused-ring (bicyclic) bond motifs is 2. The predicted molar refractivity (Wildman–Crippen MR) is 138 cm³/mol. The average molecular weight is 549 g/mol. The molecule has 0 radical (unpaired) electrons. The minimum Gasteiger partial charge on any atom is -0.477 e. The van der Waals surface area contributed by atoms with Crippen molar-refractivity contribution in [1.82, 2.24) is 8.75 Å². The van der Waals surface area contributed by atoms with Gasteiger partial charge in [-0.2, -0.15) is 28.0 Å². The van der Waals surface area contributed by atoms with Crippen LogP contribution in [0.3, 0.4) is 0 Å². The van der Waals surface area contributed by atoms with Crippen LogP contribution in [0.2, 0.25) is 0 Å². The van der Waals surface area contributed by atoms with Crippen molar-refractivity contribution in [1.29, 1.82) is 10.5 Å². The molecule has 0 saturated carbocycles. The fourth-order valence-corrected chi connectivity index (χ4v) is 6.54. The van der Waals surface area contributed by atoms with Gasteiger partial charge < -0.3 is 10.2 Å². The first kappa shape index (κ1) is 23.4. The average Bonchev–Trinajstić information content (AvgIpc) is 3.66. The molecule has 1 aliphatic rings. The molecule has 4 heterocycles. The summed E-state index contributed by atoms with van der Waals surface area (Å²) in [6, 6.07) is 10.4. The molecule has 4 aromatic rings. The van der Waals surface area contributed by atoms with Crippen LogP contribution < -0.4 is 0 Å². The van der Waals surface area contributed by atoms with Crippen molar-refractivity contribution >= 4 is 92.3 Å². The van der Waals surface area contributed by atoms with Crippen molar-refractivity contribution in [3.05, 3.63) is 45.2 Å². The normalized spacial score (nSPS) is 12.7. The summed E-state index contributed by atoms with van der Waals surface area (Å²) in [5.41, 5.74) is 3.06. The van der Waals surface area contributed by atoms with Crippen LogP contribution >= 0.6 is 34.4 Å². The van der Waals surface area contributed by atoms with E-state index in [1.165, 1.54) is 34.8 Å². The number of rotatable bonds is 6. The van der Waals surface area contributed by atoms with Crippen LogP contribution in [-0.4, -0.2) is 30.9 Å². The van der Waals surface area contributed by atoms with E-state index >= 15 is 0 Å². The number of hydrogen-bond acceptors (Lipinski definition) is 11. The topological polar surface area (TPSA) is 173 Å². The smallest absolute Gasteiger partial charge is 0.346 e. The molecule has 0 unspecified atom stereocenters. The standard InChI is InChI=1S/C22H8N6O4S4/c23-7-9(21(29)30)5-11-1-3-13(33-11)15-17-19(27-35-25-17)16(20-18(15)26-36-28-20)14-4-2-12(34-14)6-10(8-24)22(31)32/h1-6H,(H,29,30)(H,31,32)/b9-5-,10-6-. The van der Waals surface area contributed by atoms with E-state index < -0.39 is 11.9 Å². The van der Waals surface area contributed by atoms with E-state index in [0.717, 1.165) is 32.8 Å². The van der Waals surface area contributed by atoms with Crippen LogP contribution in [0, 0.1) is 22.7 Å². The van der Waals surface area contributed by atoms with Crippen LogP contribution in [0.1, 0.15) is 9.75 Å². The molecule has 1 aliphatic heterocycles. The maximum atomic E-state index is 11.2. The summed E-state index contributed by atoms with van der Waals surface area (Å²) >= 11 is 4.64. The molecule has 0 fully saturated rings. The van der Waals surface area contributed by atoms with Gasteiger partial charge in [0.25, 0.3) is 0 Å². The number of carboxylic acids is 2. The summed E-state index contributed by atoms with van der Waals surface area (Å²) in [7, 11) is 0. The van der Waals surface area contributed by atoms with Crippen molar-refractivity contribution in [2.75, 3.05) is 0 Å². The van der Waals surface area contributed by atoms with Gasteiger partial charge in [0.2, 0.25) is 0 Å². The Balaban J connectivity index is 1.67. The van der Waals surface area contributed by atoms with E-state index in [9.17, 15) is 9.59 Å². The molecule has 0 saturated heterocycles. The second-order valence-corrected chi connectivity index (χ2v) is 10.3. The van der Waals surface area contributed by atoms with Crippen LogP contribution in [0.15, 0.2) is 44.1 Å². The molecule has 0 atom stereocenters. The molecule has 0 bridgehead atoms. The summed E-state index contributed by atoms with van der Waals surface area (Å²) in [6.07, 6.45) is 2.62. The molecular weight excluding hydrogens is 541 g/mol. The van der Waals surface area contributed by atoms with E-state index in [1.54, 1.807) is 24.3 Å². The fourth-order valence-electron chi connectivity index (χ4n) is 3.42. The van der Waals surface area contributed by atoms with Gasteiger partial charge in [0, 0.05) is 30.6 Å². The van der Waals surface area contributed by atoms with E-state index in [2.05, 4.69) is 17.5 Å². The minimum atomic E-state index is -1.30. The van der Waals surface area contributed by atoms with Crippen LogP contribution in [-0.2, 0) is 20.9 Å². The summed E-state index contributed by atoms with van der Waals surface area (Å²) in [5, 5.41) is 36.4. The van der Waals surface area contributed by atoms with E-state index in [0.29, 0.717) is 43.3 Å². The monoisotopic (exact) mass is 548 g/mol. The van der Waals surface area contributed by atoms with Gasteiger partial charge in [0.05, 0.1) is 23.1 Å². The fraction of sp³-hybridized carbons (Fsp3) is 0. The van der Waals surface area contributed by atoms with E-state index in [1.807, 2.05) is 12.1 Å². The summed E-state index contributed by atoms with van der Waals surface area (Å²) in [4.78, 5) is 25.1. The quantitative estimate of drug-likeness (QED) is 0.196. The zero-order valence-electron chi connectivity index (χ0n) is 17.5. The number of nitriles is 2. The third-order valence-corrected chi connectivity index (χ3v) is 8.10. The van der Waals surface area contributed by atoms with Gasteiger partial charge in [0.15, 0.2) is 0 Å². The van der Waals surface area contributed by atoms with Gasteiger partial charge in [0.1, 0.15) is 45.7 Å². The summed E-state index contributed by atoms with van der Waals surface area (Å²) in [5.74, 6) is -2.60. The maximum Gasteiger partial charge on any atom is 0.346 e. The Kier molecular flexibility index (Phi) is 6.09. The molecule has 3 aromatic heterocycles. The molecule has 5 rings (SSSR count). The first-order valence-electron chi connectivity index (χ1n) is 9.72. The lowest BCUT2D eigenvalue weighted by Gasteiger charge is -2.09. The van der Waals surface area contributed by atoms with Gasteiger partial charge >= 0.3 is 11.9 Å². The van der Waals surface area contributed by atoms with E-state index in [-0.39, 0.29) is 11.1 Å². The summed E-state index contributed by atoms with van der Waals surface area (Å²) in [6.45, 7) is 0. The van der Waals surface area contributed by atoms with Crippen molar-refractivity contribution in [2.24, 2.45) is 8.73 Å². The van der Waals surface area contributed by atoms with Crippen molar-refractivity contribution in [3.8, 4) is 33.0 Å². The molecule has 10 nitrogen and oxygen atoms in total. The highest BCUT2D eigenvalue weighted by atomic mass is 32.1. The van der Waals surface area contributed by atoms with Crippen molar-refractivity contribution in [3.63, 3.8) is 0 Å². The van der Waals surface area contributed by atoms with Crippen LogP contribution in [0.4, 0.5) is 11.4 Å². The molecule has 2 N–H and O–H groups in total. The Labute approximate surface area is 217 Å². The molecule has 1 aromatic carbocycles. The first-order valence-corrected chi connectivity index (χ1v) is 12.8. The number of aliphatic carboxylic acids is 2. The number of hydrogen-bond donors (Lipinski definition) is 2. The SMILES string of the molecule is N#C/C(=C/c1ccc(-c2c3c(c(-c4ccc(/C=C(/C#N)C(=O)O)s4)c4nsnc24)N=S=N3)s1)C(=O)O. The van der Waals surface area contributed by atoms with Crippen LogP contribution in [0.5, 0.6) is 0 Å². The van der Waals surface area contributed by atoms with Crippen molar-refractivity contribution in [2.45, 2.75) is 0 Å². The number of thiophene rings is 2. The maximum absolute atomic E-state index is 11.2. The Bertz CT molecular complexity index is 1700. The highest BCUT2D eigenvalue weighted by Crippen LogP contribution is 2.53. The number of carboxylic acid groups (broad SMARTS) is 2. The van der Waals surface area contributed by atoms with Crippen LogP contribution in [0.25, 0.3) is 44.1 Å². The second-order valence-electron chi connectivity index (χ2n) is 7.03. The van der Waals surface area contributed by atoms with Gasteiger partial charge in [-0.05, 0) is 36.4 Å². The Hall–Kier alpha value is -4.34. The Morgan fingerprint density at radius 3 is 1.61 bits per heavy atom. The lowest BCUT2D eigenvalue weighted by molar-refractivity contribution is -0.133. The van der Waals surface area contributed by atoms with Crippen molar-refractivity contribution < 1.29 is 19.8 Å². The molecule has 0 spiro atoms. The summed E-state index contributed by atoms with van der Waals surface area (Å²) < 4.78 is 18.0. The number of carbonyl (C=O) groups is 2. The van der Waals surface area contributed by atoms with Gasteiger partial charge in [-0.1, -0.05) is 0 Å². The van der Waals surface area contributed by atoms with Gasteiger partial charge in [-0.25, -0.2) is 9.59 Å². The Morgan fingerprint density at radius 2 is 1.22 bits per heavy atom. The van der Waals surface area contributed by atoms with Gasteiger partial charge in [-0.3, -0.25) is 0 Å². The third-order valence-electron chi connectivity index (χ3n) is 4.95. The molecule has 0 amide bonds. The lowest BCUT2D eigenvalue weighted by atomic mass is 10.0. The zero-order chi connectivity index (χ0) is 25.4. The highest BCUT2D eigenvalue weighted by molar-refractivity contribution is 7.58. The lowest BCUT2D eigenvalue weighted by Crippen LogP contribution is -1.96. The number of benzene rings is 1. The molecular formula is C22H8N6O4S4. The minimum absolute atomic E-state index is 0.371. The number of nitrogens with zero attached hydrogens (tertiary/aromatic N) is 6. The first-order chi connectivity index (χ1) is 17.4.